The first-order chi connectivity index (χ1) is 33.5. The number of carbonyl (C=O) groups excluding carboxylic acids is 1. The van der Waals surface area contributed by atoms with Crippen molar-refractivity contribution in [2.24, 2.45) is 35.8 Å². The van der Waals surface area contributed by atoms with E-state index >= 15 is 0 Å². The van der Waals surface area contributed by atoms with Crippen molar-refractivity contribution in [2.45, 2.75) is 25.6 Å². The van der Waals surface area contributed by atoms with Crippen molar-refractivity contribution >= 4 is 114 Å². The number of aliphatic carboxylic acids is 1. The molecule has 1 aliphatic rings. The normalized spacial score (nSPS) is 15.1. The zero-order chi connectivity index (χ0) is 51.6. The highest BCUT2D eigenvalue weighted by molar-refractivity contribution is 7.91. The number of carboxylic acid groups (broad SMARTS) is 1. The Morgan fingerprint density at radius 3 is 1.90 bits per heavy atom. The highest BCUT2D eigenvalue weighted by Gasteiger charge is 2.41. The zero-order valence-electron chi connectivity index (χ0n) is 35.9. The van der Waals surface area contributed by atoms with Crippen LogP contribution in [0.4, 0.5) is 34.1 Å². The number of hydrogen-bond donors (Lipinski definition) is 7. The van der Waals surface area contributed by atoms with Crippen molar-refractivity contribution in [3.63, 3.8) is 0 Å². The molecule has 30 heteroatoms. The fraction of sp³-hybridized carbons (Fsp3) is 0.146. The molecule has 6 aromatic carbocycles. The van der Waals surface area contributed by atoms with Gasteiger partial charge in [0.25, 0.3) is 26.1 Å². The average Bonchev–Trinajstić information content (AvgIpc) is 3.65. The summed E-state index contributed by atoms with van der Waals surface area (Å²) < 4.78 is 128. The van der Waals surface area contributed by atoms with E-state index in [4.69, 9.17) is 9.47 Å². The number of benzene rings is 6. The average molecular weight is 1060 g/mol. The number of anilines is 1. The van der Waals surface area contributed by atoms with E-state index < -0.39 is 99.2 Å². The van der Waals surface area contributed by atoms with E-state index in [0.29, 0.717) is 5.01 Å². The maximum absolute atomic E-state index is 13.3. The number of fused-ring (bicyclic) bond motifs is 2. The fourth-order valence-electron chi connectivity index (χ4n) is 6.77. The summed E-state index contributed by atoms with van der Waals surface area (Å²) in [6, 6.07) is 15.8. The van der Waals surface area contributed by atoms with Crippen LogP contribution in [0.5, 0.6) is 17.2 Å². The van der Waals surface area contributed by atoms with Gasteiger partial charge in [-0.1, -0.05) is 12.1 Å². The molecule has 1 amide bonds. The molecule has 0 fully saturated rings. The molecular weight excluding hydrogens is 1020 g/mol. The van der Waals surface area contributed by atoms with Crippen molar-refractivity contribution in [3.05, 3.63) is 91.0 Å². The number of hydrogen-bond acceptors (Lipinski definition) is 21. The van der Waals surface area contributed by atoms with Gasteiger partial charge in [0.2, 0.25) is 6.04 Å². The van der Waals surface area contributed by atoms with Gasteiger partial charge in [-0.2, -0.15) is 42.3 Å². The summed E-state index contributed by atoms with van der Waals surface area (Å²) in [5.74, 6) is -3.88. The molecular formula is C41H34N8O18S4. The second-order valence-corrected chi connectivity index (χ2v) is 20.4. The lowest BCUT2D eigenvalue weighted by Crippen LogP contribution is -2.33. The van der Waals surface area contributed by atoms with E-state index in [1.807, 2.05) is 0 Å². The van der Waals surface area contributed by atoms with Gasteiger partial charge in [0.05, 0.1) is 40.1 Å². The number of aliphatic hydroxyl groups is 2. The SMILES string of the molecule is CS(=O)(=O)c1cccc2c(S(=O)(=O)O)cc(N=Nc3cc(OCCO)c(N=Nc4c(S(=O)(=O)O)cc5cc(N=NC6C(=O)N(c7ccc(S(=O)O)cc7)N=C6C(=O)O)ccc5c4O)cc3OCCO)cc12. The number of carbonyl (C=O) groups is 2. The molecule has 7 rings (SSSR count). The maximum atomic E-state index is 13.3. The van der Waals surface area contributed by atoms with Gasteiger partial charge in [-0.3, -0.25) is 13.9 Å². The summed E-state index contributed by atoms with van der Waals surface area (Å²) in [6.07, 6.45) is 0.891. The number of phenols is 1. The lowest BCUT2D eigenvalue weighted by atomic mass is 10.1. The summed E-state index contributed by atoms with van der Waals surface area (Å²) in [7, 11) is -14.1. The number of sulfone groups is 1. The van der Waals surface area contributed by atoms with Crippen LogP contribution in [-0.2, 0) is 50.7 Å². The van der Waals surface area contributed by atoms with Crippen molar-refractivity contribution in [1.82, 2.24) is 0 Å². The molecule has 1 aliphatic heterocycles. The quantitative estimate of drug-likeness (QED) is 0.0309. The van der Waals surface area contributed by atoms with Gasteiger partial charge in [-0.25, -0.2) is 17.4 Å². The van der Waals surface area contributed by atoms with Gasteiger partial charge in [-0.05, 0) is 72.1 Å². The van der Waals surface area contributed by atoms with Crippen molar-refractivity contribution in [3.8, 4) is 17.2 Å². The molecule has 370 valence electrons. The molecule has 0 spiro atoms. The second-order valence-electron chi connectivity index (χ2n) is 14.6. The third-order valence-corrected chi connectivity index (χ3v) is 13.5. The predicted molar refractivity (Wildman–Crippen MR) is 249 cm³/mol. The van der Waals surface area contributed by atoms with Crippen LogP contribution in [0.3, 0.4) is 0 Å². The van der Waals surface area contributed by atoms with E-state index in [-0.39, 0.29) is 84.5 Å². The minimum atomic E-state index is -5.24. The lowest BCUT2D eigenvalue weighted by Gasteiger charge is -2.13. The number of phenolic OH excluding ortho intramolecular Hbond substituents is 1. The summed E-state index contributed by atoms with van der Waals surface area (Å²) in [4.78, 5) is 23.3. The number of nitrogens with zero attached hydrogens (tertiary/aromatic N) is 8. The first-order valence-electron chi connectivity index (χ1n) is 19.8. The summed E-state index contributed by atoms with van der Waals surface area (Å²) in [5.41, 5.74) is -2.35. The summed E-state index contributed by atoms with van der Waals surface area (Å²) in [6.45, 7) is -1.85. The first kappa shape index (κ1) is 51.3. The third kappa shape index (κ3) is 11.2. The van der Waals surface area contributed by atoms with Crippen molar-refractivity contribution in [1.29, 1.82) is 0 Å². The number of carboxylic acids is 1. The lowest BCUT2D eigenvalue weighted by molar-refractivity contribution is -0.130. The number of amides is 1. The maximum Gasteiger partial charge on any atom is 0.355 e. The number of azo groups is 3. The first-order valence-corrected chi connectivity index (χ1v) is 25.7. The van der Waals surface area contributed by atoms with E-state index in [9.17, 15) is 73.1 Å². The minimum Gasteiger partial charge on any atom is -0.505 e. The summed E-state index contributed by atoms with van der Waals surface area (Å²) >= 11 is -2.33. The third-order valence-electron chi connectivity index (χ3n) is 9.86. The van der Waals surface area contributed by atoms with Gasteiger partial charge in [-0.15, -0.1) is 15.3 Å². The van der Waals surface area contributed by atoms with E-state index in [0.717, 1.165) is 30.5 Å². The van der Waals surface area contributed by atoms with Crippen LogP contribution < -0.4 is 14.5 Å². The Balaban J connectivity index is 1.26. The monoisotopic (exact) mass is 1050 g/mol. The number of aliphatic hydroxyl groups excluding tert-OH is 2. The molecule has 2 unspecified atom stereocenters. The Morgan fingerprint density at radius 2 is 1.34 bits per heavy atom. The highest BCUT2D eigenvalue weighted by Crippen LogP contribution is 2.46. The molecule has 0 radical (unpaired) electrons. The van der Waals surface area contributed by atoms with Crippen LogP contribution in [-0.4, -0.2) is 120 Å². The molecule has 0 aliphatic carbocycles. The van der Waals surface area contributed by atoms with E-state index in [2.05, 4.69) is 35.8 Å². The fourth-order valence-corrected chi connectivity index (χ4v) is 9.42. The molecule has 71 heavy (non-hydrogen) atoms. The van der Waals surface area contributed by atoms with Crippen LogP contribution in [0.1, 0.15) is 0 Å². The molecule has 0 aromatic heterocycles. The molecule has 1 heterocycles. The Hall–Kier alpha value is -7.55. The van der Waals surface area contributed by atoms with Crippen LogP contribution in [0.25, 0.3) is 21.5 Å². The van der Waals surface area contributed by atoms with Crippen LogP contribution in [0.15, 0.2) is 146 Å². The Kier molecular flexibility index (Phi) is 14.8. The minimum absolute atomic E-state index is 0.00287. The standard InChI is InChI=1S/C41H34N8O18S4/c1-69(58,59)33-4-2-3-27-28(33)17-23(18-34(27)70(60,61)62)43-44-29-19-32(67-14-12-51)30(20-31(29)66-13-11-50)45-46-36-35(71(63,64)65)16-21-15-22(5-10-26(21)39(36)52)42-47-37-38(41(54)55)48-49(40(37)53)24-6-8-25(9-7-24)68(56)57/h2-10,15-20,37,50-52H,11-14H2,1H3,(H,54,55)(H,56,57)(H,60,61,62)(H,63,64,65). The Labute approximate surface area is 402 Å². The Morgan fingerprint density at radius 1 is 0.718 bits per heavy atom. The molecule has 0 saturated heterocycles. The molecule has 2 atom stereocenters. The Bertz CT molecular complexity index is 3670. The van der Waals surface area contributed by atoms with E-state index in [1.54, 1.807) is 0 Å². The summed E-state index contributed by atoms with van der Waals surface area (Å²) in [5, 5.41) is 68.3. The van der Waals surface area contributed by atoms with Crippen LogP contribution in [0, 0.1) is 0 Å². The van der Waals surface area contributed by atoms with Crippen LogP contribution in [0.2, 0.25) is 0 Å². The zero-order valence-corrected chi connectivity index (χ0v) is 39.2. The topological polar surface area (TPSA) is 403 Å². The smallest absolute Gasteiger partial charge is 0.355 e. The van der Waals surface area contributed by atoms with Gasteiger partial charge in [0.15, 0.2) is 32.4 Å². The van der Waals surface area contributed by atoms with Gasteiger partial charge >= 0.3 is 5.97 Å². The molecule has 7 N–H and O–H groups in total. The number of aromatic hydroxyl groups is 1. The highest BCUT2D eigenvalue weighted by atomic mass is 32.2. The molecule has 0 bridgehead atoms. The molecule has 0 saturated carbocycles. The van der Waals surface area contributed by atoms with Crippen molar-refractivity contribution in [2.75, 3.05) is 37.7 Å². The molecule has 6 aromatic rings. The van der Waals surface area contributed by atoms with Crippen LogP contribution >= 0.6 is 0 Å². The number of ether oxygens (including phenoxy) is 2. The van der Waals surface area contributed by atoms with Gasteiger partial charge < -0.3 is 34.5 Å². The van der Waals surface area contributed by atoms with E-state index in [1.165, 1.54) is 66.7 Å². The van der Waals surface area contributed by atoms with Gasteiger partial charge in [0.1, 0.15) is 51.6 Å². The molecule has 26 nitrogen and oxygen atoms in total. The number of rotatable bonds is 18. The van der Waals surface area contributed by atoms with Gasteiger partial charge in [0, 0.05) is 34.5 Å². The number of hydrazone groups is 1. The predicted octanol–water partition coefficient (Wildman–Crippen LogP) is 5.69. The largest absolute Gasteiger partial charge is 0.505 e. The van der Waals surface area contributed by atoms with Crippen molar-refractivity contribution < 1.29 is 82.6 Å². The second kappa shape index (κ2) is 20.4.